The van der Waals surface area contributed by atoms with Crippen molar-refractivity contribution >= 4 is 23.4 Å². The number of carbonyl (C=O) groups is 3. The summed E-state index contributed by atoms with van der Waals surface area (Å²) in [5, 5.41) is 5.55. The summed E-state index contributed by atoms with van der Waals surface area (Å²) in [4.78, 5) is 40.1. The summed E-state index contributed by atoms with van der Waals surface area (Å²) >= 11 is 0. The fourth-order valence-electron chi connectivity index (χ4n) is 4.21. The molecular weight excluding hydrogens is 334 g/mol. The molecule has 1 fully saturated rings. The normalized spacial score (nSPS) is 26.7. The number of amides is 3. The minimum Gasteiger partial charge on any atom is -0.459 e. The van der Waals surface area contributed by atoms with E-state index in [1.54, 1.807) is 26.1 Å². The minimum atomic E-state index is -1.19. The van der Waals surface area contributed by atoms with Crippen molar-refractivity contribution in [2.45, 2.75) is 18.4 Å². The zero-order chi connectivity index (χ0) is 18.5. The zero-order valence-electron chi connectivity index (χ0n) is 14.5. The van der Waals surface area contributed by atoms with Gasteiger partial charge >= 0.3 is 0 Å². The Morgan fingerprint density at radius 1 is 1.27 bits per heavy atom. The van der Waals surface area contributed by atoms with Crippen molar-refractivity contribution in [3.8, 4) is 0 Å². The first kappa shape index (κ1) is 16.4. The maximum atomic E-state index is 13.0. The summed E-state index contributed by atoms with van der Waals surface area (Å²) in [7, 11) is 1.56. The molecule has 1 aromatic heterocycles. The number of likely N-dealkylation sites (tertiary alicyclic amines) is 1. The number of nitrogens with zero attached hydrogens (tertiary/aromatic N) is 1. The molecule has 2 aliphatic rings. The molecule has 2 aliphatic heterocycles. The molecular formula is C19H19N3O4. The summed E-state index contributed by atoms with van der Waals surface area (Å²) < 4.78 is 5.24. The van der Waals surface area contributed by atoms with Gasteiger partial charge in [-0.1, -0.05) is 18.2 Å². The first-order valence-corrected chi connectivity index (χ1v) is 8.46. The lowest BCUT2D eigenvalue weighted by Gasteiger charge is -2.41. The van der Waals surface area contributed by atoms with E-state index >= 15 is 0 Å². The van der Waals surface area contributed by atoms with Crippen molar-refractivity contribution in [2.75, 3.05) is 18.9 Å². The molecule has 0 bridgehead atoms. The van der Waals surface area contributed by atoms with Crippen LogP contribution in [0.5, 0.6) is 0 Å². The van der Waals surface area contributed by atoms with Crippen LogP contribution in [0.25, 0.3) is 0 Å². The van der Waals surface area contributed by atoms with Gasteiger partial charge in [0.25, 0.3) is 11.8 Å². The van der Waals surface area contributed by atoms with Crippen LogP contribution in [0.4, 0.5) is 5.69 Å². The van der Waals surface area contributed by atoms with Gasteiger partial charge in [-0.05, 0) is 30.7 Å². The Hall–Kier alpha value is -3.09. The second kappa shape index (κ2) is 5.72. The number of rotatable bonds is 2. The van der Waals surface area contributed by atoms with Crippen LogP contribution in [0, 0.1) is 5.92 Å². The predicted molar refractivity (Wildman–Crippen MR) is 93.5 cm³/mol. The second-order valence-electron chi connectivity index (χ2n) is 6.78. The van der Waals surface area contributed by atoms with Crippen molar-refractivity contribution in [3.05, 3.63) is 54.0 Å². The Morgan fingerprint density at radius 2 is 2.04 bits per heavy atom. The van der Waals surface area contributed by atoms with Crippen molar-refractivity contribution < 1.29 is 18.8 Å². The third-order valence-electron chi connectivity index (χ3n) is 5.51. The lowest BCUT2D eigenvalue weighted by Crippen LogP contribution is -2.58. The van der Waals surface area contributed by atoms with E-state index in [0.29, 0.717) is 5.69 Å². The highest BCUT2D eigenvalue weighted by Crippen LogP contribution is 2.51. The van der Waals surface area contributed by atoms with E-state index in [4.69, 9.17) is 4.42 Å². The maximum absolute atomic E-state index is 13.0. The molecule has 0 spiro atoms. The van der Waals surface area contributed by atoms with Crippen LogP contribution in [0.1, 0.15) is 29.0 Å². The topological polar surface area (TPSA) is 91.7 Å². The van der Waals surface area contributed by atoms with Crippen LogP contribution in [0.15, 0.2) is 47.1 Å². The van der Waals surface area contributed by atoms with Gasteiger partial charge in [0.2, 0.25) is 5.91 Å². The number of nitrogens with one attached hydrogen (secondary N) is 2. The van der Waals surface area contributed by atoms with Gasteiger partial charge < -0.3 is 20.0 Å². The molecule has 0 radical (unpaired) electrons. The van der Waals surface area contributed by atoms with E-state index in [2.05, 4.69) is 10.6 Å². The highest BCUT2D eigenvalue weighted by atomic mass is 16.3. The number of furan rings is 1. The Balaban J connectivity index is 1.87. The number of fused-ring (bicyclic) bond motifs is 3. The van der Waals surface area contributed by atoms with Crippen LogP contribution in [-0.2, 0) is 9.59 Å². The Labute approximate surface area is 150 Å². The van der Waals surface area contributed by atoms with Crippen molar-refractivity contribution in [1.29, 1.82) is 0 Å². The monoisotopic (exact) mass is 353 g/mol. The van der Waals surface area contributed by atoms with Crippen molar-refractivity contribution in [2.24, 2.45) is 5.92 Å². The molecule has 0 saturated carbocycles. The van der Waals surface area contributed by atoms with Crippen molar-refractivity contribution in [1.82, 2.24) is 10.2 Å². The van der Waals surface area contributed by atoms with E-state index in [1.807, 2.05) is 24.3 Å². The molecule has 7 nitrogen and oxygen atoms in total. The SMILES string of the molecule is CNC(=O)[C@H]1CN(C(=O)c2ccco2)[C@]2(C)C(=O)Nc3ccccc3[C@H]12. The molecule has 2 aromatic rings. The van der Waals surface area contributed by atoms with E-state index in [-0.39, 0.29) is 24.1 Å². The highest BCUT2D eigenvalue weighted by molar-refractivity contribution is 6.07. The van der Waals surface area contributed by atoms with E-state index in [1.165, 1.54) is 11.2 Å². The molecule has 134 valence electrons. The number of hydrogen-bond donors (Lipinski definition) is 2. The number of anilines is 1. The van der Waals surface area contributed by atoms with Gasteiger partial charge in [-0.2, -0.15) is 0 Å². The quantitative estimate of drug-likeness (QED) is 0.858. The zero-order valence-corrected chi connectivity index (χ0v) is 14.5. The number of hydrogen-bond acceptors (Lipinski definition) is 4. The largest absolute Gasteiger partial charge is 0.459 e. The van der Waals surface area contributed by atoms with Crippen LogP contribution in [0.2, 0.25) is 0 Å². The van der Waals surface area contributed by atoms with E-state index in [9.17, 15) is 14.4 Å². The summed E-state index contributed by atoms with van der Waals surface area (Å²) in [6.45, 7) is 1.86. The number of para-hydroxylation sites is 1. The van der Waals surface area contributed by atoms with Gasteiger partial charge in [0, 0.05) is 25.2 Å². The first-order chi connectivity index (χ1) is 12.5. The maximum Gasteiger partial charge on any atom is 0.290 e. The van der Waals surface area contributed by atoms with Crippen LogP contribution in [-0.4, -0.2) is 41.8 Å². The molecule has 3 amide bonds. The summed E-state index contributed by atoms with van der Waals surface area (Å²) in [6, 6.07) is 10.6. The molecule has 2 N–H and O–H groups in total. The standard InChI is InChI=1S/C19H19N3O4/c1-19-15(11-6-3-4-7-13(11)21-18(19)25)12(16(23)20-2)10-22(19)17(24)14-8-5-9-26-14/h3-9,12,15H,10H2,1-2H3,(H,20,23)(H,21,25)/t12-,15+,19-/m0/s1. The lowest BCUT2D eigenvalue weighted by molar-refractivity contribution is -0.126. The number of benzene rings is 1. The van der Waals surface area contributed by atoms with Crippen LogP contribution < -0.4 is 10.6 Å². The van der Waals surface area contributed by atoms with E-state index < -0.39 is 23.3 Å². The summed E-state index contributed by atoms with van der Waals surface area (Å²) in [5.41, 5.74) is 0.356. The van der Waals surface area contributed by atoms with Gasteiger partial charge in [-0.25, -0.2) is 0 Å². The average Bonchev–Trinajstić information content (AvgIpc) is 3.28. The fourth-order valence-corrected chi connectivity index (χ4v) is 4.21. The average molecular weight is 353 g/mol. The Morgan fingerprint density at radius 3 is 2.73 bits per heavy atom. The molecule has 7 heteroatoms. The van der Waals surface area contributed by atoms with Crippen LogP contribution in [0.3, 0.4) is 0 Å². The predicted octanol–water partition coefficient (Wildman–Crippen LogP) is 1.59. The third kappa shape index (κ3) is 2.09. The van der Waals surface area contributed by atoms with Gasteiger partial charge in [0.15, 0.2) is 5.76 Å². The van der Waals surface area contributed by atoms with Crippen molar-refractivity contribution in [3.63, 3.8) is 0 Å². The number of carbonyl (C=O) groups excluding carboxylic acids is 3. The molecule has 1 aromatic carbocycles. The lowest BCUT2D eigenvalue weighted by atomic mass is 9.72. The molecule has 26 heavy (non-hydrogen) atoms. The second-order valence-corrected chi connectivity index (χ2v) is 6.78. The first-order valence-electron chi connectivity index (χ1n) is 8.46. The highest BCUT2D eigenvalue weighted by Gasteiger charge is 2.62. The molecule has 1 saturated heterocycles. The summed E-state index contributed by atoms with van der Waals surface area (Å²) in [6.07, 6.45) is 1.41. The van der Waals surface area contributed by atoms with Gasteiger partial charge in [-0.15, -0.1) is 0 Å². The molecule has 4 rings (SSSR count). The van der Waals surface area contributed by atoms with E-state index in [0.717, 1.165) is 5.56 Å². The smallest absolute Gasteiger partial charge is 0.290 e. The fraction of sp³-hybridized carbons (Fsp3) is 0.316. The molecule has 0 aliphatic carbocycles. The van der Waals surface area contributed by atoms with Gasteiger partial charge in [0.1, 0.15) is 5.54 Å². The molecule has 0 unspecified atom stereocenters. The molecule has 3 heterocycles. The van der Waals surface area contributed by atoms with Gasteiger partial charge in [-0.3, -0.25) is 14.4 Å². The summed E-state index contributed by atoms with van der Waals surface area (Å²) in [5.74, 6) is -1.71. The Kier molecular flexibility index (Phi) is 3.61. The molecule has 3 atom stereocenters. The minimum absolute atomic E-state index is 0.141. The van der Waals surface area contributed by atoms with Gasteiger partial charge in [0.05, 0.1) is 12.2 Å². The van der Waals surface area contributed by atoms with Crippen LogP contribution >= 0.6 is 0 Å². The third-order valence-corrected chi connectivity index (χ3v) is 5.51. The Bertz CT molecular complexity index is 892.